The van der Waals surface area contributed by atoms with E-state index in [9.17, 15) is 9.59 Å². The second kappa shape index (κ2) is 10.3. The Morgan fingerprint density at radius 1 is 1.03 bits per heavy atom. The minimum absolute atomic E-state index is 0.0529. The van der Waals surface area contributed by atoms with Crippen LogP contribution in [0, 0.1) is 0 Å². The minimum atomic E-state index is -0.104. The Morgan fingerprint density at radius 2 is 1.67 bits per heavy atom. The molecule has 2 aromatic rings. The van der Waals surface area contributed by atoms with Gasteiger partial charge in [-0.15, -0.1) is 0 Å². The van der Waals surface area contributed by atoms with E-state index >= 15 is 0 Å². The van der Waals surface area contributed by atoms with Gasteiger partial charge < -0.3 is 15.1 Å². The lowest BCUT2D eigenvalue weighted by molar-refractivity contribution is -0.123. The van der Waals surface area contributed by atoms with Gasteiger partial charge in [0.05, 0.1) is 11.5 Å². The number of hydrogen-bond donors (Lipinski definition) is 1. The number of hydrogen-bond acceptors (Lipinski definition) is 3. The minimum Gasteiger partial charge on any atom is -0.371 e. The Balaban J connectivity index is 1.62. The van der Waals surface area contributed by atoms with Gasteiger partial charge in [0.25, 0.3) is 5.91 Å². The molecule has 30 heavy (non-hydrogen) atoms. The molecule has 1 heterocycles. The third-order valence-corrected chi connectivity index (χ3v) is 6.06. The Bertz CT molecular complexity index is 844. The van der Waals surface area contributed by atoms with Crippen molar-refractivity contribution >= 4 is 17.5 Å². The van der Waals surface area contributed by atoms with Crippen molar-refractivity contribution in [1.82, 2.24) is 10.2 Å². The van der Waals surface area contributed by atoms with Gasteiger partial charge in [-0.2, -0.15) is 0 Å². The molecule has 1 fully saturated rings. The number of carbonyl (C=O) groups is 2. The van der Waals surface area contributed by atoms with Crippen molar-refractivity contribution in [3.8, 4) is 0 Å². The van der Waals surface area contributed by atoms with Gasteiger partial charge in [0.15, 0.2) is 0 Å². The number of piperidine rings is 1. The summed E-state index contributed by atoms with van der Waals surface area (Å²) in [7, 11) is 1.83. The normalized spacial score (nSPS) is 15.5. The Hall–Kier alpha value is -2.82. The summed E-state index contributed by atoms with van der Waals surface area (Å²) in [5, 5.41) is 3.26. The SMILES string of the molecule is CC[C@@H](C(=O)NC1CCN(c2ccccc2C(=O)N(C)CC)CC1)c1ccccc1. The zero-order valence-electron chi connectivity index (χ0n) is 18.3. The van der Waals surface area contributed by atoms with E-state index in [2.05, 4.69) is 17.1 Å². The fourth-order valence-electron chi connectivity index (χ4n) is 4.10. The van der Waals surface area contributed by atoms with Crippen molar-refractivity contribution in [1.29, 1.82) is 0 Å². The summed E-state index contributed by atoms with van der Waals surface area (Å²) < 4.78 is 0. The van der Waals surface area contributed by atoms with E-state index in [1.54, 1.807) is 4.90 Å². The molecule has 0 aromatic heterocycles. The maximum Gasteiger partial charge on any atom is 0.255 e. The van der Waals surface area contributed by atoms with Crippen molar-refractivity contribution in [2.45, 2.75) is 45.1 Å². The van der Waals surface area contributed by atoms with Gasteiger partial charge in [0, 0.05) is 38.4 Å². The highest BCUT2D eigenvalue weighted by Crippen LogP contribution is 2.26. The van der Waals surface area contributed by atoms with Crippen molar-refractivity contribution in [2.24, 2.45) is 0 Å². The molecule has 1 atom stereocenters. The van der Waals surface area contributed by atoms with Crippen molar-refractivity contribution in [2.75, 3.05) is 31.6 Å². The third-order valence-electron chi connectivity index (χ3n) is 6.06. The summed E-state index contributed by atoms with van der Waals surface area (Å²) in [5.41, 5.74) is 2.81. The summed E-state index contributed by atoms with van der Waals surface area (Å²) in [6.45, 7) is 6.37. The van der Waals surface area contributed by atoms with Gasteiger partial charge in [0.1, 0.15) is 0 Å². The van der Waals surface area contributed by atoms with Crippen molar-refractivity contribution < 1.29 is 9.59 Å². The molecule has 1 N–H and O–H groups in total. The van der Waals surface area contributed by atoms with E-state index < -0.39 is 0 Å². The van der Waals surface area contributed by atoms with Crippen LogP contribution >= 0.6 is 0 Å². The number of para-hydroxylation sites is 1. The van der Waals surface area contributed by atoms with Crippen LogP contribution in [0.1, 0.15) is 54.9 Å². The molecule has 0 radical (unpaired) electrons. The quantitative estimate of drug-likeness (QED) is 0.753. The van der Waals surface area contributed by atoms with Gasteiger partial charge in [-0.1, -0.05) is 49.4 Å². The molecule has 160 valence electrons. The molecule has 0 bridgehead atoms. The van der Waals surface area contributed by atoms with Gasteiger partial charge in [-0.3, -0.25) is 9.59 Å². The first-order valence-corrected chi connectivity index (χ1v) is 11.0. The smallest absolute Gasteiger partial charge is 0.255 e. The molecule has 1 aliphatic rings. The Labute approximate surface area is 180 Å². The maximum atomic E-state index is 12.9. The average molecular weight is 408 g/mol. The lowest BCUT2D eigenvalue weighted by atomic mass is 9.94. The van der Waals surface area contributed by atoms with Crippen LogP contribution in [0.2, 0.25) is 0 Å². The molecule has 0 spiro atoms. The molecule has 2 amide bonds. The number of nitrogens with one attached hydrogen (secondary N) is 1. The highest BCUT2D eigenvalue weighted by Gasteiger charge is 2.26. The van der Waals surface area contributed by atoms with Crippen molar-refractivity contribution in [3.05, 3.63) is 65.7 Å². The van der Waals surface area contributed by atoms with Crippen LogP contribution in [-0.4, -0.2) is 49.4 Å². The fraction of sp³-hybridized carbons (Fsp3) is 0.440. The van der Waals surface area contributed by atoms with Crippen LogP contribution in [-0.2, 0) is 4.79 Å². The van der Waals surface area contributed by atoms with Gasteiger partial charge in [-0.25, -0.2) is 0 Å². The van der Waals surface area contributed by atoms with Gasteiger partial charge in [0.2, 0.25) is 5.91 Å². The van der Waals surface area contributed by atoms with Crippen LogP contribution in [0.4, 0.5) is 5.69 Å². The van der Waals surface area contributed by atoms with Crippen LogP contribution in [0.3, 0.4) is 0 Å². The molecule has 0 unspecified atom stereocenters. The predicted octanol–water partition coefficient (Wildman–Crippen LogP) is 4.06. The van der Waals surface area contributed by atoms with Gasteiger partial charge >= 0.3 is 0 Å². The predicted molar refractivity (Wildman–Crippen MR) is 122 cm³/mol. The first-order valence-electron chi connectivity index (χ1n) is 11.0. The van der Waals surface area contributed by atoms with E-state index in [-0.39, 0.29) is 23.8 Å². The number of nitrogens with zero attached hydrogens (tertiary/aromatic N) is 2. The standard InChI is InChI=1S/C25H33N3O2/c1-4-21(19-11-7-6-8-12-19)24(29)26-20-15-17-28(18-16-20)23-14-10-9-13-22(23)25(30)27(3)5-2/h6-14,20-21H,4-5,15-18H2,1-3H3,(H,26,29)/t21-/m1/s1. The zero-order chi connectivity index (χ0) is 21.5. The Kier molecular flexibility index (Phi) is 7.50. The van der Waals surface area contributed by atoms with Crippen LogP contribution in [0.5, 0.6) is 0 Å². The number of benzene rings is 2. The molecular formula is C25H33N3O2. The Morgan fingerprint density at radius 3 is 2.30 bits per heavy atom. The summed E-state index contributed by atoms with van der Waals surface area (Å²) >= 11 is 0. The zero-order valence-corrected chi connectivity index (χ0v) is 18.3. The maximum absolute atomic E-state index is 12.9. The summed E-state index contributed by atoms with van der Waals surface area (Å²) in [6.07, 6.45) is 2.54. The molecule has 3 rings (SSSR count). The lowest BCUT2D eigenvalue weighted by Crippen LogP contribution is -2.46. The first kappa shape index (κ1) is 21.9. The number of amides is 2. The molecule has 0 saturated carbocycles. The highest BCUT2D eigenvalue weighted by molar-refractivity contribution is 5.99. The van der Waals surface area contributed by atoms with E-state index in [4.69, 9.17) is 0 Å². The second-order valence-corrected chi connectivity index (χ2v) is 7.98. The van der Waals surface area contributed by atoms with Gasteiger partial charge in [-0.05, 0) is 43.9 Å². The van der Waals surface area contributed by atoms with E-state index in [0.29, 0.717) is 6.54 Å². The highest BCUT2D eigenvalue weighted by atomic mass is 16.2. The summed E-state index contributed by atoms with van der Waals surface area (Å²) in [5.74, 6) is 0.0617. The summed E-state index contributed by atoms with van der Waals surface area (Å²) in [6, 6.07) is 18.0. The number of carbonyl (C=O) groups excluding carboxylic acids is 2. The van der Waals surface area contributed by atoms with E-state index in [0.717, 1.165) is 49.2 Å². The van der Waals surface area contributed by atoms with Crippen LogP contribution in [0.15, 0.2) is 54.6 Å². The number of anilines is 1. The largest absolute Gasteiger partial charge is 0.371 e. The van der Waals surface area contributed by atoms with E-state index in [1.165, 1.54) is 0 Å². The molecule has 2 aromatic carbocycles. The first-order chi connectivity index (χ1) is 14.5. The molecule has 1 saturated heterocycles. The average Bonchev–Trinajstić information content (AvgIpc) is 2.80. The monoisotopic (exact) mass is 407 g/mol. The fourth-order valence-corrected chi connectivity index (χ4v) is 4.10. The third kappa shape index (κ3) is 5.02. The lowest BCUT2D eigenvalue weighted by Gasteiger charge is -2.35. The molecule has 5 nitrogen and oxygen atoms in total. The number of rotatable bonds is 7. The summed E-state index contributed by atoms with van der Waals surface area (Å²) in [4.78, 5) is 29.6. The molecule has 1 aliphatic heterocycles. The van der Waals surface area contributed by atoms with Crippen molar-refractivity contribution in [3.63, 3.8) is 0 Å². The topological polar surface area (TPSA) is 52.7 Å². The van der Waals surface area contributed by atoms with Crippen LogP contribution < -0.4 is 10.2 Å². The molecule has 5 heteroatoms. The molecule has 0 aliphatic carbocycles. The van der Waals surface area contributed by atoms with E-state index in [1.807, 2.05) is 68.6 Å². The second-order valence-electron chi connectivity index (χ2n) is 7.98. The van der Waals surface area contributed by atoms with Crippen LogP contribution in [0.25, 0.3) is 0 Å². The molecular weight excluding hydrogens is 374 g/mol.